The molecule has 0 bridgehead atoms. The fourth-order valence-electron chi connectivity index (χ4n) is 4.77. The standard InChI is InChI=1S/C29H34ClN5O8/c1-29(2,3)43-27(39)31-17-10-11-33(14-17)25(37)16-35-26(38)18-8-6-7-9-21(18)34(28(35)40)15-24(36)32-20-12-19(30)22(41-4)13-23(20)42-5/h6-9,12-13,17H,10-11,14-16H2,1-5H3,(H,31,39)(H,32,36)/t17-/m0/s1. The Morgan fingerprint density at radius 1 is 1.00 bits per heavy atom. The summed E-state index contributed by atoms with van der Waals surface area (Å²) >= 11 is 6.22. The van der Waals surface area contributed by atoms with Gasteiger partial charge in [0.1, 0.15) is 30.2 Å². The molecule has 1 aliphatic heterocycles. The van der Waals surface area contributed by atoms with Crippen molar-refractivity contribution in [2.24, 2.45) is 0 Å². The van der Waals surface area contributed by atoms with E-state index in [1.807, 2.05) is 0 Å². The fraction of sp³-hybridized carbons (Fsp3) is 0.414. The number of benzene rings is 2. The summed E-state index contributed by atoms with van der Waals surface area (Å²) in [5.41, 5.74) is -1.66. The van der Waals surface area contributed by atoms with Gasteiger partial charge in [0.25, 0.3) is 5.56 Å². The Labute approximate surface area is 252 Å². The van der Waals surface area contributed by atoms with Crippen molar-refractivity contribution in [3.8, 4) is 11.5 Å². The average molecular weight is 616 g/mol. The number of ether oxygens (including phenoxy) is 3. The van der Waals surface area contributed by atoms with Crippen molar-refractivity contribution in [1.29, 1.82) is 0 Å². The van der Waals surface area contributed by atoms with Gasteiger partial charge in [0.15, 0.2) is 0 Å². The van der Waals surface area contributed by atoms with Gasteiger partial charge in [-0.15, -0.1) is 0 Å². The quantitative estimate of drug-likeness (QED) is 0.393. The fourth-order valence-corrected chi connectivity index (χ4v) is 5.01. The van der Waals surface area contributed by atoms with Crippen LogP contribution in [0.25, 0.3) is 10.9 Å². The zero-order chi connectivity index (χ0) is 31.5. The Kier molecular flexibility index (Phi) is 9.34. The van der Waals surface area contributed by atoms with Crippen molar-refractivity contribution in [3.05, 3.63) is 62.3 Å². The summed E-state index contributed by atoms with van der Waals surface area (Å²) < 4.78 is 17.7. The van der Waals surface area contributed by atoms with E-state index in [9.17, 15) is 24.0 Å². The normalized spacial score (nSPS) is 14.8. The van der Waals surface area contributed by atoms with Gasteiger partial charge in [0, 0.05) is 19.2 Å². The topological polar surface area (TPSA) is 150 Å². The number of alkyl carbamates (subject to hydrolysis) is 1. The lowest BCUT2D eigenvalue weighted by Crippen LogP contribution is -2.46. The summed E-state index contributed by atoms with van der Waals surface area (Å²) in [7, 11) is 2.86. The van der Waals surface area contributed by atoms with E-state index in [0.717, 1.165) is 9.13 Å². The van der Waals surface area contributed by atoms with Gasteiger partial charge < -0.3 is 29.7 Å². The molecular weight excluding hydrogens is 582 g/mol. The molecule has 43 heavy (non-hydrogen) atoms. The molecule has 2 heterocycles. The lowest BCUT2D eigenvalue weighted by molar-refractivity contribution is -0.131. The molecule has 1 aromatic heterocycles. The van der Waals surface area contributed by atoms with E-state index in [-0.39, 0.29) is 39.9 Å². The van der Waals surface area contributed by atoms with E-state index in [1.54, 1.807) is 39.0 Å². The number of para-hydroxylation sites is 1. The number of anilines is 1. The zero-order valence-electron chi connectivity index (χ0n) is 24.6. The van der Waals surface area contributed by atoms with Gasteiger partial charge in [0.05, 0.1) is 41.9 Å². The number of amides is 3. The first kappa shape index (κ1) is 31.4. The SMILES string of the molecule is COc1cc(OC)c(NC(=O)Cn2c(=O)n(CC(=O)N3CC[C@H](NC(=O)OC(C)(C)C)C3)c(=O)c3ccccc32)cc1Cl. The number of methoxy groups -OCH3 is 2. The van der Waals surface area contributed by atoms with Gasteiger partial charge in [0.2, 0.25) is 11.8 Å². The van der Waals surface area contributed by atoms with E-state index < -0.39 is 47.8 Å². The highest BCUT2D eigenvalue weighted by atomic mass is 35.5. The largest absolute Gasteiger partial charge is 0.495 e. The van der Waals surface area contributed by atoms with E-state index in [0.29, 0.717) is 18.7 Å². The monoisotopic (exact) mass is 615 g/mol. The van der Waals surface area contributed by atoms with Crippen molar-refractivity contribution < 1.29 is 28.6 Å². The van der Waals surface area contributed by atoms with Gasteiger partial charge >= 0.3 is 11.8 Å². The van der Waals surface area contributed by atoms with Gasteiger partial charge in [-0.25, -0.2) is 9.59 Å². The van der Waals surface area contributed by atoms with E-state index in [2.05, 4.69) is 10.6 Å². The summed E-state index contributed by atoms with van der Waals surface area (Å²) in [5.74, 6) is -0.441. The van der Waals surface area contributed by atoms with Crippen LogP contribution in [0.5, 0.6) is 11.5 Å². The van der Waals surface area contributed by atoms with E-state index >= 15 is 0 Å². The zero-order valence-corrected chi connectivity index (χ0v) is 25.3. The van der Waals surface area contributed by atoms with Crippen LogP contribution in [-0.2, 0) is 27.4 Å². The number of nitrogens with one attached hydrogen (secondary N) is 2. The number of hydrogen-bond acceptors (Lipinski definition) is 8. The Balaban J connectivity index is 1.56. The number of halogens is 1. The molecule has 13 nitrogen and oxygen atoms in total. The highest BCUT2D eigenvalue weighted by molar-refractivity contribution is 6.32. The van der Waals surface area contributed by atoms with Crippen LogP contribution in [0, 0.1) is 0 Å². The van der Waals surface area contributed by atoms with Crippen LogP contribution >= 0.6 is 11.6 Å². The molecule has 0 spiro atoms. The minimum absolute atomic E-state index is 0.165. The Morgan fingerprint density at radius 2 is 1.70 bits per heavy atom. The van der Waals surface area contributed by atoms with Crippen LogP contribution in [-0.4, -0.2) is 70.9 Å². The number of rotatable bonds is 8. The molecule has 230 valence electrons. The van der Waals surface area contributed by atoms with E-state index in [4.69, 9.17) is 25.8 Å². The average Bonchev–Trinajstić information content (AvgIpc) is 3.40. The molecular formula is C29H34ClN5O8. The van der Waals surface area contributed by atoms with Gasteiger partial charge in [-0.3, -0.25) is 23.5 Å². The second-order valence-electron chi connectivity index (χ2n) is 11.0. The first-order valence-electron chi connectivity index (χ1n) is 13.5. The van der Waals surface area contributed by atoms with Crippen molar-refractivity contribution in [1.82, 2.24) is 19.4 Å². The summed E-state index contributed by atoms with van der Waals surface area (Å²) in [6.45, 7) is 4.77. The molecule has 0 aliphatic carbocycles. The molecule has 1 saturated heterocycles. The second-order valence-corrected chi connectivity index (χ2v) is 11.4. The molecule has 1 atom stereocenters. The maximum Gasteiger partial charge on any atom is 0.407 e. The highest BCUT2D eigenvalue weighted by Crippen LogP contribution is 2.35. The van der Waals surface area contributed by atoms with Crippen LogP contribution in [0.3, 0.4) is 0 Å². The Hall–Kier alpha value is -4.52. The molecule has 14 heteroatoms. The van der Waals surface area contributed by atoms with Gasteiger partial charge in [-0.2, -0.15) is 0 Å². The first-order chi connectivity index (χ1) is 20.3. The van der Waals surface area contributed by atoms with Crippen LogP contribution < -0.4 is 31.4 Å². The highest BCUT2D eigenvalue weighted by Gasteiger charge is 2.30. The minimum Gasteiger partial charge on any atom is -0.495 e. The predicted octanol–water partition coefficient (Wildman–Crippen LogP) is 2.60. The number of carbonyl (C=O) groups is 3. The second kappa shape index (κ2) is 12.8. The molecule has 4 rings (SSSR count). The van der Waals surface area contributed by atoms with Crippen molar-refractivity contribution >= 4 is 46.1 Å². The number of nitrogens with zero attached hydrogens (tertiary/aromatic N) is 3. The third kappa shape index (κ3) is 7.28. The maximum atomic E-state index is 13.6. The molecule has 1 fully saturated rings. The lowest BCUT2D eigenvalue weighted by atomic mass is 10.2. The van der Waals surface area contributed by atoms with Crippen LogP contribution in [0.1, 0.15) is 27.2 Å². The van der Waals surface area contributed by atoms with Crippen molar-refractivity contribution in [2.75, 3.05) is 32.6 Å². The Morgan fingerprint density at radius 3 is 2.37 bits per heavy atom. The maximum absolute atomic E-state index is 13.6. The number of carbonyl (C=O) groups excluding carboxylic acids is 3. The molecule has 0 radical (unpaired) electrons. The summed E-state index contributed by atoms with van der Waals surface area (Å²) in [5, 5.41) is 5.82. The molecule has 2 aromatic carbocycles. The molecule has 2 N–H and O–H groups in total. The number of hydrogen-bond donors (Lipinski definition) is 2. The number of aromatic nitrogens is 2. The minimum atomic E-state index is -0.824. The Bertz CT molecular complexity index is 1680. The molecule has 3 amide bonds. The summed E-state index contributed by atoms with van der Waals surface area (Å²) in [6, 6.07) is 8.97. The van der Waals surface area contributed by atoms with E-state index in [1.165, 1.54) is 37.3 Å². The van der Waals surface area contributed by atoms with Crippen LogP contribution in [0.15, 0.2) is 46.0 Å². The van der Waals surface area contributed by atoms with Crippen molar-refractivity contribution in [3.63, 3.8) is 0 Å². The van der Waals surface area contributed by atoms with Crippen LogP contribution in [0.2, 0.25) is 5.02 Å². The molecule has 1 aliphatic rings. The van der Waals surface area contributed by atoms with Gasteiger partial charge in [-0.05, 0) is 45.4 Å². The number of likely N-dealkylation sites (tertiary alicyclic amines) is 1. The number of fused-ring (bicyclic) bond motifs is 1. The molecule has 0 saturated carbocycles. The summed E-state index contributed by atoms with van der Waals surface area (Å²) in [4.78, 5) is 66.9. The van der Waals surface area contributed by atoms with Crippen LogP contribution in [0.4, 0.5) is 10.5 Å². The van der Waals surface area contributed by atoms with Gasteiger partial charge in [-0.1, -0.05) is 23.7 Å². The third-order valence-electron chi connectivity index (χ3n) is 6.74. The lowest BCUT2D eigenvalue weighted by Gasteiger charge is -2.22. The molecule has 3 aromatic rings. The predicted molar refractivity (Wildman–Crippen MR) is 160 cm³/mol. The summed E-state index contributed by atoms with van der Waals surface area (Å²) in [6.07, 6.45) is -0.103. The molecule has 0 unspecified atom stereocenters. The third-order valence-corrected chi connectivity index (χ3v) is 7.03. The first-order valence-corrected chi connectivity index (χ1v) is 13.9. The smallest absolute Gasteiger partial charge is 0.407 e. The van der Waals surface area contributed by atoms with Crippen molar-refractivity contribution in [2.45, 2.75) is 51.9 Å².